The third kappa shape index (κ3) is 40.4. The smallest absolute Gasteiger partial charge is 0.462 e. The number of hydrogen-bond acceptors (Lipinski definition) is 8. The van der Waals surface area contributed by atoms with Crippen molar-refractivity contribution in [1.82, 2.24) is 0 Å². The van der Waals surface area contributed by atoms with Gasteiger partial charge in [-0.1, -0.05) is 122 Å². The van der Waals surface area contributed by atoms with E-state index in [0.29, 0.717) is 36.7 Å². The second-order valence-electron chi connectivity index (χ2n) is 16.2. The summed E-state index contributed by atoms with van der Waals surface area (Å²) in [6, 6.07) is 0. The molecule has 0 bridgehead atoms. The first-order valence-corrected chi connectivity index (χ1v) is 23.6. The number of allylic oxidation sites excluding steroid dienone is 4. The van der Waals surface area contributed by atoms with Crippen molar-refractivity contribution in [2.75, 3.05) is 47.5 Å². The van der Waals surface area contributed by atoms with Gasteiger partial charge >= 0.3 is 19.8 Å². The van der Waals surface area contributed by atoms with Gasteiger partial charge in [0.2, 0.25) is 0 Å². The molecule has 324 valence electrons. The first-order valence-electron chi connectivity index (χ1n) is 22.1. The number of phosphoric ester groups is 1. The molecule has 0 aliphatic rings. The van der Waals surface area contributed by atoms with Gasteiger partial charge in [0.05, 0.1) is 33.9 Å². The Bertz CT molecular complexity index is 1010. The minimum Gasteiger partial charge on any atom is -0.462 e. The molecule has 0 aromatic heterocycles. The molecule has 0 aromatic carbocycles. The van der Waals surface area contributed by atoms with Crippen LogP contribution in [0, 0.1) is 0 Å². The van der Waals surface area contributed by atoms with Gasteiger partial charge in [0.25, 0.3) is 0 Å². The fourth-order valence-corrected chi connectivity index (χ4v) is 6.72. The lowest BCUT2D eigenvalue weighted by atomic mass is 10.1. The SMILES string of the molecule is CCCCCCCC/C=C\CCCCCCCC(=O)OC[C@H](COP(=O)(O)OCC[N+](C)(C)C)OC(=O)CCC[C@@H](O)CCC/C=C\CCCCCCCC. The summed E-state index contributed by atoms with van der Waals surface area (Å²) in [7, 11) is 1.38. The van der Waals surface area contributed by atoms with Crippen LogP contribution in [0.5, 0.6) is 0 Å². The van der Waals surface area contributed by atoms with Crippen molar-refractivity contribution in [2.45, 2.75) is 199 Å². The van der Waals surface area contributed by atoms with E-state index in [2.05, 4.69) is 38.2 Å². The highest BCUT2D eigenvalue weighted by atomic mass is 31.2. The number of hydrogen-bond donors (Lipinski definition) is 2. The van der Waals surface area contributed by atoms with E-state index in [0.717, 1.165) is 51.4 Å². The van der Waals surface area contributed by atoms with E-state index in [1.165, 1.54) is 83.5 Å². The summed E-state index contributed by atoms with van der Waals surface area (Å²) >= 11 is 0. The van der Waals surface area contributed by atoms with Crippen LogP contribution in [-0.2, 0) is 32.7 Å². The van der Waals surface area contributed by atoms with Crippen LogP contribution in [0.15, 0.2) is 24.3 Å². The number of phosphoric acid groups is 1. The lowest BCUT2D eigenvalue weighted by molar-refractivity contribution is -0.870. The number of ether oxygens (including phenoxy) is 2. The molecule has 0 rings (SSSR count). The van der Waals surface area contributed by atoms with E-state index >= 15 is 0 Å². The average Bonchev–Trinajstić information content (AvgIpc) is 3.12. The molecule has 0 spiro atoms. The summed E-state index contributed by atoms with van der Waals surface area (Å²) < 4.78 is 34.2. The van der Waals surface area contributed by atoms with Gasteiger partial charge in [-0.2, -0.15) is 0 Å². The van der Waals surface area contributed by atoms with E-state index in [1.54, 1.807) is 0 Å². The Balaban J connectivity index is 4.48. The van der Waals surface area contributed by atoms with Crippen LogP contribution in [0.3, 0.4) is 0 Å². The molecule has 0 aromatic rings. The quantitative estimate of drug-likeness (QED) is 0.0204. The predicted octanol–water partition coefficient (Wildman–Crippen LogP) is 11.3. The minimum absolute atomic E-state index is 0.00444. The van der Waals surface area contributed by atoms with Gasteiger partial charge in [0.15, 0.2) is 6.10 Å². The lowest BCUT2D eigenvalue weighted by Gasteiger charge is -2.24. The summed E-state index contributed by atoms with van der Waals surface area (Å²) in [5.41, 5.74) is 0. The highest BCUT2D eigenvalue weighted by molar-refractivity contribution is 7.47. The van der Waals surface area contributed by atoms with Gasteiger partial charge in [0.1, 0.15) is 19.8 Å². The largest absolute Gasteiger partial charge is 0.472 e. The number of aliphatic hydroxyl groups is 1. The Kier molecular flexibility index (Phi) is 35.7. The average molecular weight is 803 g/mol. The normalized spacial score (nSPS) is 14.4. The zero-order chi connectivity index (χ0) is 40.9. The standard InChI is InChI=1S/C44H84NO9P/c1-6-8-10-12-14-16-18-19-20-21-23-25-27-29-31-35-43(47)51-39-42(40-53-55(49,50)52-38-37-45(3,4)5)54-44(48)36-32-34-41(46)33-30-28-26-24-22-17-15-13-11-9-7-2/h19-20,24,26,41-42,46H,6-18,21-23,25,27-40H2,1-5H3/p+1/b20-19-,26-24-/t41-,42+/m0/s1. The Morgan fingerprint density at radius 2 is 1.05 bits per heavy atom. The van der Waals surface area contributed by atoms with Gasteiger partial charge < -0.3 is 24.0 Å². The van der Waals surface area contributed by atoms with Crippen molar-refractivity contribution < 1.29 is 47.2 Å². The molecule has 0 fully saturated rings. The Morgan fingerprint density at radius 3 is 1.58 bits per heavy atom. The van der Waals surface area contributed by atoms with E-state index in [9.17, 15) is 24.2 Å². The highest BCUT2D eigenvalue weighted by Crippen LogP contribution is 2.43. The summed E-state index contributed by atoms with van der Waals surface area (Å²) in [6.07, 6.45) is 35.2. The second-order valence-corrected chi connectivity index (χ2v) is 17.7. The molecule has 11 heteroatoms. The number of esters is 2. The topological polar surface area (TPSA) is 129 Å². The van der Waals surface area contributed by atoms with Gasteiger partial charge in [-0.15, -0.1) is 0 Å². The van der Waals surface area contributed by atoms with Gasteiger partial charge in [-0.25, -0.2) is 4.57 Å². The molecule has 0 radical (unpaired) electrons. The molecule has 3 atom stereocenters. The van der Waals surface area contributed by atoms with Crippen molar-refractivity contribution in [1.29, 1.82) is 0 Å². The van der Waals surface area contributed by atoms with Gasteiger partial charge in [-0.05, 0) is 77.0 Å². The maximum Gasteiger partial charge on any atom is 0.472 e. The van der Waals surface area contributed by atoms with Crippen LogP contribution < -0.4 is 0 Å². The maximum absolute atomic E-state index is 12.7. The van der Waals surface area contributed by atoms with Crippen LogP contribution in [0.2, 0.25) is 0 Å². The molecule has 0 amide bonds. The van der Waals surface area contributed by atoms with E-state index in [1.807, 2.05) is 21.1 Å². The first kappa shape index (κ1) is 53.5. The number of rotatable bonds is 40. The molecule has 1 unspecified atom stereocenters. The molecule has 55 heavy (non-hydrogen) atoms. The zero-order valence-electron chi connectivity index (χ0n) is 36.0. The van der Waals surface area contributed by atoms with Crippen LogP contribution in [0.4, 0.5) is 0 Å². The number of carbonyl (C=O) groups is 2. The minimum atomic E-state index is -4.42. The van der Waals surface area contributed by atoms with Crippen molar-refractivity contribution in [2.24, 2.45) is 0 Å². The molecule has 0 saturated carbocycles. The Morgan fingerprint density at radius 1 is 0.600 bits per heavy atom. The molecule has 0 aliphatic heterocycles. The highest BCUT2D eigenvalue weighted by Gasteiger charge is 2.27. The summed E-state index contributed by atoms with van der Waals surface area (Å²) in [5.74, 6) is -0.962. The van der Waals surface area contributed by atoms with Crippen molar-refractivity contribution in [3.8, 4) is 0 Å². The fourth-order valence-electron chi connectivity index (χ4n) is 5.98. The zero-order valence-corrected chi connectivity index (χ0v) is 36.9. The number of likely N-dealkylation sites (N-methyl/N-ethyl adjacent to an activating group) is 1. The fraction of sp³-hybridized carbons (Fsp3) is 0.864. The predicted molar refractivity (Wildman–Crippen MR) is 226 cm³/mol. The number of nitrogens with zero attached hydrogens (tertiary/aromatic N) is 1. The maximum atomic E-state index is 12.7. The molecule has 10 nitrogen and oxygen atoms in total. The van der Waals surface area contributed by atoms with E-state index in [4.69, 9.17) is 18.5 Å². The number of quaternary nitrogens is 1. The van der Waals surface area contributed by atoms with Crippen LogP contribution >= 0.6 is 7.82 Å². The number of aliphatic hydroxyl groups excluding tert-OH is 1. The molecule has 2 N–H and O–H groups in total. The first-order chi connectivity index (χ1) is 26.4. The molecule has 0 heterocycles. The third-order valence-electron chi connectivity index (χ3n) is 9.53. The van der Waals surface area contributed by atoms with Crippen LogP contribution in [0.25, 0.3) is 0 Å². The molecular weight excluding hydrogens is 717 g/mol. The van der Waals surface area contributed by atoms with Crippen molar-refractivity contribution in [3.05, 3.63) is 24.3 Å². The van der Waals surface area contributed by atoms with Crippen LogP contribution in [-0.4, -0.2) is 86.1 Å². The van der Waals surface area contributed by atoms with Crippen molar-refractivity contribution >= 4 is 19.8 Å². The second kappa shape index (κ2) is 36.8. The summed E-state index contributed by atoms with van der Waals surface area (Å²) in [6.45, 7) is 4.22. The van der Waals surface area contributed by atoms with E-state index < -0.39 is 38.6 Å². The van der Waals surface area contributed by atoms with Crippen LogP contribution in [0.1, 0.15) is 187 Å². The number of unbranched alkanes of at least 4 members (excludes halogenated alkanes) is 18. The monoisotopic (exact) mass is 803 g/mol. The third-order valence-corrected chi connectivity index (χ3v) is 10.5. The molecule has 0 aliphatic carbocycles. The van der Waals surface area contributed by atoms with Gasteiger partial charge in [0, 0.05) is 12.8 Å². The Labute approximate surface area is 337 Å². The number of carbonyl (C=O) groups excluding carboxylic acids is 2. The Hall–Kier alpha value is -1.55. The molecule has 0 saturated heterocycles. The summed E-state index contributed by atoms with van der Waals surface area (Å²) in [5, 5.41) is 10.4. The van der Waals surface area contributed by atoms with E-state index in [-0.39, 0.29) is 26.1 Å². The molecular formula is C44H85NO9P+. The van der Waals surface area contributed by atoms with Gasteiger partial charge in [-0.3, -0.25) is 18.6 Å². The summed E-state index contributed by atoms with van der Waals surface area (Å²) in [4.78, 5) is 35.4. The lowest BCUT2D eigenvalue weighted by Crippen LogP contribution is -2.37. The van der Waals surface area contributed by atoms with Crippen molar-refractivity contribution in [3.63, 3.8) is 0 Å².